The SMILES string of the molecule is COc1ccc(C(CC(=O)N(Cc2ccccc2)C(C)Cc2ccccc2OC)NC(C)=O)cc1. The number of carbonyl (C=O) groups excluding carboxylic acids is 2. The van der Waals surface area contributed by atoms with Gasteiger partial charge in [0.2, 0.25) is 11.8 Å². The van der Waals surface area contributed by atoms with Gasteiger partial charge in [-0.05, 0) is 48.2 Å². The summed E-state index contributed by atoms with van der Waals surface area (Å²) in [6.45, 7) is 3.99. The van der Waals surface area contributed by atoms with E-state index in [0.717, 1.165) is 28.2 Å². The Morgan fingerprint density at radius 2 is 1.54 bits per heavy atom. The van der Waals surface area contributed by atoms with Crippen molar-refractivity contribution < 1.29 is 19.1 Å². The van der Waals surface area contributed by atoms with Crippen molar-refractivity contribution in [3.05, 3.63) is 95.6 Å². The summed E-state index contributed by atoms with van der Waals surface area (Å²) in [5, 5.41) is 2.94. The van der Waals surface area contributed by atoms with Crippen molar-refractivity contribution in [2.45, 2.75) is 45.3 Å². The van der Waals surface area contributed by atoms with Gasteiger partial charge in [0, 0.05) is 19.5 Å². The molecule has 35 heavy (non-hydrogen) atoms. The number of nitrogens with zero attached hydrogens (tertiary/aromatic N) is 1. The minimum atomic E-state index is -0.442. The fourth-order valence-electron chi connectivity index (χ4n) is 4.20. The number of para-hydroxylation sites is 1. The van der Waals surface area contributed by atoms with Crippen LogP contribution in [0.5, 0.6) is 11.5 Å². The van der Waals surface area contributed by atoms with Gasteiger partial charge in [-0.15, -0.1) is 0 Å². The highest BCUT2D eigenvalue weighted by molar-refractivity contribution is 5.79. The highest BCUT2D eigenvalue weighted by Gasteiger charge is 2.26. The molecule has 0 radical (unpaired) electrons. The zero-order chi connectivity index (χ0) is 25.2. The fraction of sp³-hybridized carbons (Fsp3) is 0.310. The van der Waals surface area contributed by atoms with Crippen LogP contribution in [0.4, 0.5) is 0 Å². The van der Waals surface area contributed by atoms with Gasteiger partial charge in [-0.2, -0.15) is 0 Å². The summed E-state index contributed by atoms with van der Waals surface area (Å²) in [4.78, 5) is 27.6. The topological polar surface area (TPSA) is 67.9 Å². The van der Waals surface area contributed by atoms with Crippen LogP contribution < -0.4 is 14.8 Å². The monoisotopic (exact) mass is 474 g/mol. The van der Waals surface area contributed by atoms with Crippen LogP contribution in [0.25, 0.3) is 0 Å². The second-order valence-corrected chi connectivity index (χ2v) is 8.60. The van der Waals surface area contributed by atoms with E-state index in [4.69, 9.17) is 9.47 Å². The Hall–Kier alpha value is -3.80. The van der Waals surface area contributed by atoms with E-state index in [1.807, 2.05) is 90.7 Å². The standard InChI is InChI=1S/C29H34N2O4/c1-21(18-25-12-8-9-13-28(25)35-4)31(20-23-10-6-5-7-11-23)29(33)19-27(30-22(2)32)24-14-16-26(34-3)17-15-24/h5-17,21,27H,18-20H2,1-4H3,(H,30,32). The number of carbonyl (C=O) groups is 2. The molecule has 6 heteroatoms. The molecule has 3 aromatic carbocycles. The van der Waals surface area contributed by atoms with Gasteiger partial charge in [0.25, 0.3) is 0 Å². The largest absolute Gasteiger partial charge is 0.497 e. The van der Waals surface area contributed by atoms with E-state index in [2.05, 4.69) is 5.32 Å². The van der Waals surface area contributed by atoms with Gasteiger partial charge in [0.15, 0.2) is 0 Å². The summed E-state index contributed by atoms with van der Waals surface area (Å²) in [5.74, 6) is 1.31. The van der Waals surface area contributed by atoms with Crippen molar-refractivity contribution >= 4 is 11.8 Å². The molecule has 2 atom stereocenters. The molecule has 0 fully saturated rings. The highest BCUT2D eigenvalue weighted by Crippen LogP contribution is 2.25. The average Bonchev–Trinajstić information content (AvgIpc) is 2.87. The first-order valence-electron chi connectivity index (χ1n) is 11.8. The first kappa shape index (κ1) is 25.8. The van der Waals surface area contributed by atoms with Crippen LogP contribution in [-0.4, -0.2) is 37.0 Å². The van der Waals surface area contributed by atoms with Crippen molar-refractivity contribution in [3.8, 4) is 11.5 Å². The van der Waals surface area contributed by atoms with Crippen LogP contribution in [0, 0.1) is 0 Å². The molecule has 0 heterocycles. The van der Waals surface area contributed by atoms with E-state index in [1.165, 1.54) is 6.92 Å². The van der Waals surface area contributed by atoms with Gasteiger partial charge in [0.1, 0.15) is 11.5 Å². The minimum Gasteiger partial charge on any atom is -0.497 e. The second-order valence-electron chi connectivity index (χ2n) is 8.60. The van der Waals surface area contributed by atoms with E-state index in [0.29, 0.717) is 13.0 Å². The van der Waals surface area contributed by atoms with E-state index in [9.17, 15) is 9.59 Å². The lowest BCUT2D eigenvalue weighted by Gasteiger charge is -2.32. The van der Waals surface area contributed by atoms with E-state index >= 15 is 0 Å². The summed E-state index contributed by atoms with van der Waals surface area (Å²) >= 11 is 0. The normalized spacial score (nSPS) is 12.3. The van der Waals surface area contributed by atoms with Crippen LogP contribution >= 0.6 is 0 Å². The Bertz CT molecular complexity index is 1100. The summed E-state index contributed by atoms with van der Waals surface area (Å²) < 4.78 is 10.8. The molecule has 3 rings (SSSR count). The Morgan fingerprint density at radius 3 is 2.17 bits per heavy atom. The smallest absolute Gasteiger partial charge is 0.225 e. The Labute approximate surface area is 207 Å². The van der Waals surface area contributed by atoms with Crippen LogP contribution in [0.2, 0.25) is 0 Å². The molecule has 0 saturated carbocycles. The lowest BCUT2D eigenvalue weighted by molar-refractivity contribution is -0.134. The number of hydrogen-bond acceptors (Lipinski definition) is 4. The maximum Gasteiger partial charge on any atom is 0.225 e. The molecule has 0 aromatic heterocycles. The van der Waals surface area contributed by atoms with Crippen LogP contribution in [0.1, 0.15) is 43.0 Å². The van der Waals surface area contributed by atoms with Gasteiger partial charge in [-0.1, -0.05) is 60.7 Å². The van der Waals surface area contributed by atoms with Crippen molar-refractivity contribution in [1.29, 1.82) is 0 Å². The van der Waals surface area contributed by atoms with Crippen molar-refractivity contribution in [2.24, 2.45) is 0 Å². The number of ether oxygens (including phenoxy) is 2. The Balaban J connectivity index is 1.86. The van der Waals surface area contributed by atoms with Crippen molar-refractivity contribution in [1.82, 2.24) is 10.2 Å². The molecule has 0 bridgehead atoms. The first-order valence-corrected chi connectivity index (χ1v) is 11.8. The summed E-state index contributed by atoms with van der Waals surface area (Å²) in [6, 6.07) is 24.7. The van der Waals surface area contributed by atoms with Crippen LogP contribution in [0.3, 0.4) is 0 Å². The van der Waals surface area contributed by atoms with E-state index in [-0.39, 0.29) is 24.3 Å². The molecule has 0 saturated heterocycles. The van der Waals surface area contributed by atoms with Gasteiger partial charge >= 0.3 is 0 Å². The predicted octanol–water partition coefficient (Wildman–Crippen LogP) is 4.93. The maximum absolute atomic E-state index is 13.7. The molecule has 2 unspecified atom stereocenters. The van der Waals surface area contributed by atoms with Gasteiger partial charge < -0.3 is 19.7 Å². The number of amides is 2. The van der Waals surface area contributed by atoms with Crippen LogP contribution in [0.15, 0.2) is 78.9 Å². The van der Waals surface area contributed by atoms with Crippen molar-refractivity contribution in [3.63, 3.8) is 0 Å². The zero-order valence-corrected chi connectivity index (χ0v) is 20.9. The van der Waals surface area contributed by atoms with E-state index < -0.39 is 6.04 Å². The van der Waals surface area contributed by atoms with Gasteiger partial charge in [-0.25, -0.2) is 0 Å². The number of nitrogens with one attached hydrogen (secondary N) is 1. The molecular formula is C29H34N2O4. The minimum absolute atomic E-state index is 0.0363. The molecule has 0 spiro atoms. The molecule has 184 valence electrons. The second kappa shape index (κ2) is 12.6. The molecule has 6 nitrogen and oxygen atoms in total. The van der Waals surface area contributed by atoms with Gasteiger partial charge in [0.05, 0.1) is 26.7 Å². The lowest BCUT2D eigenvalue weighted by atomic mass is 10.00. The number of benzene rings is 3. The summed E-state index contributed by atoms with van der Waals surface area (Å²) in [5.41, 5.74) is 2.95. The molecule has 0 aliphatic heterocycles. The molecular weight excluding hydrogens is 440 g/mol. The van der Waals surface area contributed by atoms with E-state index in [1.54, 1.807) is 14.2 Å². The predicted molar refractivity (Wildman–Crippen MR) is 137 cm³/mol. The Kier molecular flexibility index (Phi) is 9.30. The molecule has 2 amide bonds. The van der Waals surface area contributed by atoms with Crippen molar-refractivity contribution in [2.75, 3.05) is 14.2 Å². The third-order valence-electron chi connectivity index (χ3n) is 6.03. The van der Waals surface area contributed by atoms with Gasteiger partial charge in [-0.3, -0.25) is 9.59 Å². The fourth-order valence-corrected chi connectivity index (χ4v) is 4.20. The first-order chi connectivity index (χ1) is 16.9. The zero-order valence-electron chi connectivity index (χ0n) is 20.9. The number of methoxy groups -OCH3 is 2. The summed E-state index contributed by atoms with van der Waals surface area (Å²) in [7, 11) is 3.26. The molecule has 3 aromatic rings. The quantitative estimate of drug-likeness (QED) is 0.428. The third-order valence-corrected chi connectivity index (χ3v) is 6.03. The average molecular weight is 475 g/mol. The van der Waals surface area contributed by atoms with Crippen LogP contribution in [-0.2, 0) is 22.6 Å². The summed E-state index contributed by atoms with van der Waals surface area (Å²) in [6.07, 6.45) is 0.797. The molecule has 0 aliphatic rings. The third kappa shape index (κ3) is 7.34. The lowest BCUT2D eigenvalue weighted by Crippen LogP contribution is -2.41. The highest BCUT2D eigenvalue weighted by atomic mass is 16.5. The molecule has 0 aliphatic carbocycles. The number of rotatable bonds is 11. The maximum atomic E-state index is 13.7. The number of hydrogen-bond donors (Lipinski definition) is 1. The Morgan fingerprint density at radius 1 is 0.886 bits per heavy atom. The molecule has 1 N–H and O–H groups in total.